The Hall–Kier alpha value is -1.47. The van der Waals surface area contributed by atoms with Crippen molar-refractivity contribution in [3.8, 4) is 0 Å². The van der Waals surface area contributed by atoms with E-state index in [0.717, 1.165) is 22.5 Å². The number of carboxylic acids is 1. The number of aromatic carboxylic acids is 1. The lowest BCUT2D eigenvalue weighted by atomic mass is 10.2. The van der Waals surface area contributed by atoms with Gasteiger partial charge in [0.25, 0.3) is 0 Å². The first-order valence-electron chi connectivity index (χ1n) is 5.37. The highest BCUT2D eigenvalue weighted by Crippen LogP contribution is 2.20. The summed E-state index contributed by atoms with van der Waals surface area (Å²) in [5.74, 6) is -2.25. The van der Waals surface area contributed by atoms with E-state index in [1.54, 1.807) is 13.8 Å². The molecule has 0 atom stereocenters. The molecule has 18 heavy (non-hydrogen) atoms. The van der Waals surface area contributed by atoms with E-state index in [1.165, 1.54) is 0 Å². The van der Waals surface area contributed by atoms with Crippen LogP contribution >= 0.6 is 0 Å². The highest BCUT2D eigenvalue weighted by Gasteiger charge is 2.26. The second kappa shape index (κ2) is 5.45. The molecule has 100 valence electrons. The van der Waals surface area contributed by atoms with E-state index in [1.807, 2.05) is 0 Å². The fraction of sp³-hybridized carbons (Fsp3) is 0.364. The quantitative estimate of drug-likeness (QED) is 0.884. The predicted octanol–water partition coefficient (Wildman–Crippen LogP) is 1.55. The van der Waals surface area contributed by atoms with Crippen LogP contribution in [0.15, 0.2) is 23.1 Å². The standard InChI is InChI=1S/C11H14FNO4S/c1-3-13(4-2)18(16,17)10-7-8(11(14)15)5-6-9(10)12/h5-7H,3-4H2,1-2H3,(H,14,15). The van der Waals surface area contributed by atoms with Crippen LogP contribution in [0.5, 0.6) is 0 Å². The Kier molecular flexibility index (Phi) is 4.42. The highest BCUT2D eigenvalue weighted by molar-refractivity contribution is 7.89. The van der Waals surface area contributed by atoms with Gasteiger partial charge in [-0.25, -0.2) is 17.6 Å². The molecular formula is C11H14FNO4S. The molecule has 0 saturated heterocycles. The number of nitrogens with zero attached hydrogens (tertiary/aromatic N) is 1. The summed E-state index contributed by atoms with van der Waals surface area (Å²) in [5, 5.41) is 8.79. The summed E-state index contributed by atoms with van der Waals surface area (Å²) in [6.07, 6.45) is 0. The molecule has 0 aliphatic heterocycles. The number of halogens is 1. The van der Waals surface area contributed by atoms with Gasteiger partial charge in [0, 0.05) is 13.1 Å². The maximum atomic E-state index is 13.6. The highest BCUT2D eigenvalue weighted by atomic mass is 32.2. The van der Waals surface area contributed by atoms with Crippen LogP contribution in [0.3, 0.4) is 0 Å². The minimum absolute atomic E-state index is 0.190. The summed E-state index contributed by atoms with van der Waals surface area (Å²) in [6, 6.07) is 2.71. The van der Waals surface area contributed by atoms with Crippen molar-refractivity contribution in [2.45, 2.75) is 18.7 Å². The Morgan fingerprint density at radius 1 is 1.33 bits per heavy atom. The molecule has 0 bridgehead atoms. The molecule has 0 amide bonds. The van der Waals surface area contributed by atoms with E-state index in [0.29, 0.717) is 0 Å². The number of benzene rings is 1. The second-order valence-electron chi connectivity index (χ2n) is 3.54. The minimum atomic E-state index is -3.99. The van der Waals surface area contributed by atoms with Crippen molar-refractivity contribution in [2.75, 3.05) is 13.1 Å². The Balaban J connectivity index is 3.40. The molecule has 1 N–H and O–H groups in total. The first kappa shape index (κ1) is 14.6. The molecule has 1 aromatic rings. The number of carboxylic acid groups (broad SMARTS) is 1. The zero-order chi connectivity index (χ0) is 13.9. The molecule has 5 nitrogen and oxygen atoms in total. The van der Waals surface area contributed by atoms with Crippen molar-refractivity contribution in [1.29, 1.82) is 0 Å². The zero-order valence-corrected chi connectivity index (χ0v) is 10.9. The van der Waals surface area contributed by atoms with E-state index in [-0.39, 0.29) is 18.7 Å². The smallest absolute Gasteiger partial charge is 0.335 e. The van der Waals surface area contributed by atoms with Gasteiger partial charge in [-0.15, -0.1) is 0 Å². The van der Waals surface area contributed by atoms with Gasteiger partial charge in [-0.2, -0.15) is 4.31 Å². The monoisotopic (exact) mass is 275 g/mol. The number of sulfonamides is 1. The lowest BCUT2D eigenvalue weighted by molar-refractivity contribution is 0.0696. The van der Waals surface area contributed by atoms with Gasteiger partial charge < -0.3 is 5.11 Å². The second-order valence-corrected chi connectivity index (χ2v) is 5.45. The fourth-order valence-electron chi connectivity index (χ4n) is 1.54. The zero-order valence-electron chi connectivity index (χ0n) is 10.1. The van der Waals surface area contributed by atoms with E-state index >= 15 is 0 Å². The molecule has 1 rings (SSSR count). The van der Waals surface area contributed by atoms with Crippen molar-refractivity contribution in [1.82, 2.24) is 4.31 Å². The number of carbonyl (C=O) groups is 1. The van der Waals surface area contributed by atoms with Crippen molar-refractivity contribution >= 4 is 16.0 Å². The van der Waals surface area contributed by atoms with Crippen LogP contribution in [-0.4, -0.2) is 36.9 Å². The molecular weight excluding hydrogens is 261 g/mol. The fourth-order valence-corrected chi connectivity index (χ4v) is 3.09. The van der Waals surface area contributed by atoms with Gasteiger partial charge in [-0.3, -0.25) is 0 Å². The SMILES string of the molecule is CCN(CC)S(=O)(=O)c1cc(C(=O)O)ccc1F. The predicted molar refractivity (Wildman–Crippen MR) is 63.5 cm³/mol. The lowest BCUT2D eigenvalue weighted by Crippen LogP contribution is -2.31. The van der Waals surface area contributed by atoms with Crippen LogP contribution in [-0.2, 0) is 10.0 Å². The van der Waals surface area contributed by atoms with Crippen LogP contribution in [0.4, 0.5) is 4.39 Å². The molecule has 0 spiro atoms. The van der Waals surface area contributed by atoms with Gasteiger partial charge in [0.05, 0.1) is 5.56 Å². The molecule has 0 unspecified atom stereocenters. The number of hydrogen-bond acceptors (Lipinski definition) is 3. The van der Waals surface area contributed by atoms with Gasteiger partial charge in [-0.1, -0.05) is 13.8 Å². The topological polar surface area (TPSA) is 74.7 Å². The van der Waals surface area contributed by atoms with E-state index in [9.17, 15) is 17.6 Å². The molecule has 0 radical (unpaired) electrons. The lowest BCUT2D eigenvalue weighted by Gasteiger charge is -2.18. The third-order valence-corrected chi connectivity index (χ3v) is 4.57. The average molecular weight is 275 g/mol. The summed E-state index contributed by atoms with van der Waals surface area (Å²) in [7, 11) is -3.99. The van der Waals surface area contributed by atoms with Gasteiger partial charge >= 0.3 is 5.97 Å². The average Bonchev–Trinajstić information content (AvgIpc) is 2.30. The molecule has 0 aliphatic carbocycles. The normalized spacial score (nSPS) is 11.8. The first-order chi connectivity index (χ1) is 8.34. The van der Waals surface area contributed by atoms with Crippen LogP contribution in [0.25, 0.3) is 0 Å². The summed E-state index contributed by atoms with van der Waals surface area (Å²) < 4.78 is 38.8. The molecule has 0 saturated carbocycles. The Morgan fingerprint density at radius 3 is 2.33 bits per heavy atom. The van der Waals surface area contributed by atoms with Crippen LogP contribution in [0, 0.1) is 5.82 Å². The summed E-state index contributed by atoms with van der Waals surface area (Å²) in [4.78, 5) is 10.2. The Morgan fingerprint density at radius 2 is 1.89 bits per heavy atom. The van der Waals surface area contributed by atoms with Crippen molar-refractivity contribution in [3.63, 3.8) is 0 Å². The molecule has 0 fully saturated rings. The number of rotatable bonds is 5. The van der Waals surface area contributed by atoms with Crippen LogP contribution < -0.4 is 0 Å². The summed E-state index contributed by atoms with van der Waals surface area (Å²) >= 11 is 0. The van der Waals surface area contributed by atoms with Crippen molar-refractivity contribution in [2.24, 2.45) is 0 Å². The summed E-state index contributed by atoms with van der Waals surface area (Å²) in [5.41, 5.74) is -0.262. The third-order valence-electron chi connectivity index (χ3n) is 2.50. The Bertz CT molecular complexity index is 552. The van der Waals surface area contributed by atoms with E-state index in [2.05, 4.69) is 0 Å². The molecule has 0 heterocycles. The van der Waals surface area contributed by atoms with Gasteiger partial charge in [-0.05, 0) is 18.2 Å². The van der Waals surface area contributed by atoms with E-state index < -0.39 is 26.7 Å². The maximum absolute atomic E-state index is 13.6. The van der Waals surface area contributed by atoms with E-state index in [4.69, 9.17) is 5.11 Å². The van der Waals surface area contributed by atoms with Crippen LogP contribution in [0.1, 0.15) is 24.2 Å². The molecule has 7 heteroatoms. The molecule has 0 aromatic heterocycles. The molecule has 1 aromatic carbocycles. The maximum Gasteiger partial charge on any atom is 0.335 e. The summed E-state index contributed by atoms with van der Waals surface area (Å²) in [6.45, 7) is 3.63. The largest absolute Gasteiger partial charge is 0.478 e. The first-order valence-corrected chi connectivity index (χ1v) is 6.81. The Labute approximate surface area is 105 Å². The minimum Gasteiger partial charge on any atom is -0.478 e. The molecule has 0 aliphatic rings. The number of hydrogen-bond donors (Lipinski definition) is 1. The van der Waals surface area contributed by atoms with Gasteiger partial charge in [0.2, 0.25) is 10.0 Å². The third kappa shape index (κ3) is 2.68. The van der Waals surface area contributed by atoms with Crippen molar-refractivity contribution in [3.05, 3.63) is 29.6 Å². The van der Waals surface area contributed by atoms with Crippen molar-refractivity contribution < 1.29 is 22.7 Å². The van der Waals surface area contributed by atoms with Gasteiger partial charge in [0.1, 0.15) is 10.7 Å². The van der Waals surface area contributed by atoms with Crippen LogP contribution in [0.2, 0.25) is 0 Å². The van der Waals surface area contributed by atoms with Gasteiger partial charge in [0.15, 0.2) is 0 Å².